The van der Waals surface area contributed by atoms with Gasteiger partial charge in [-0.05, 0) is 20.4 Å². The highest BCUT2D eigenvalue weighted by Crippen LogP contribution is 1.97. The van der Waals surface area contributed by atoms with Crippen molar-refractivity contribution in [1.29, 1.82) is 0 Å². The van der Waals surface area contributed by atoms with E-state index in [0.717, 1.165) is 6.42 Å². The van der Waals surface area contributed by atoms with Gasteiger partial charge in [0.1, 0.15) is 0 Å². The van der Waals surface area contributed by atoms with Gasteiger partial charge in [-0.25, -0.2) is 0 Å². The fraction of sp³-hybridized carbons (Fsp3) is 0.364. The molecular formula is C11H16N2O. The molecule has 1 heterocycles. The molecule has 0 amide bonds. The van der Waals surface area contributed by atoms with Crippen LogP contribution in [0.15, 0.2) is 29.3 Å². The fourth-order valence-corrected chi connectivity index (χ4v) is 1.08. The minimum atomic E-state index is 0.0529. The number of hydrogen-bond acceptors (Lipinski definition) is 2. The predicted molar refractivity (Wildman–Crippen MR) is 59.2 cm³/mol. The zero-order chi connectivity index (χ0) is 10.4. The summed E-state index contributed by atoms with van der Waals surface area (Å²) in [6, 6.07) is 1.97. The van der Waals surface area contributed by atoms with Crippen molar-refractivity contribution in [2.45, 2.75) is 19.4 Å². The van der Waals surface area contributed by atoms with E-state index in [2.05, 4.69) is 17.2 Å². The molecule has 76 valence electrons. The number of rotatable bonds is 4. The Hall–Kier alpha value is -1.35. The van der Waals surface area contributed by atoms with Gasteiger partial charge in [-0.15, -0.1) is 0 Å². The molecule has 1 rings (SSSR count). The summed E-state index contributed by atoms with van der Waals surface area (Å²) in [7, 11) is 1.92. The van der Waals surface area contributed by atoms with E-state index in [1.807, 2.05) is 19.2 Å². The molecule has 0 saturated heterocycles. The number of nitrogens with one attached hydrogen (secondary N) is 2. The molecule has 2 N–H and O–H groups in total. The zero-order valence-electron chi connectivity index (χ0n) is 8.58. The molecule has 0 bridgehead atoms. The number of aromatic amines is 1. The van der Waals surface area contributed by atoms with Gasteiger partial charge in [0.05, 0.1) is 0 Å². The van der Waals surface area contributed by atoms with Crippen LogP contribution in [0.4, 0.5) is 0 Å². The van der Waals surface area contributed by atoms with Crippen LogP contribution in [0.1, 0.15) is 18.9 Å². The first-order valence-corrected chi connectivity index (χ1v) is 4.75. The average molecular weight is 192 g/mol. The summed E-state index contributed by atoms with van der Waals surface area (Å²) >= 11 is 0. The van der Waals surface area contributed by atoms with Gasteiger partial charge in [0.15, 0.2) is 5.43 Å². The smallest absolute Gasteiger partial charge is 0.188 e. The molecule has 0 spiro atoms. The third-order valence-electron chi connectivity index (χ3n) is 2.13. The number of hydrogen-bond donors (Lipinski definition) is 2. The SMILES string of the molecule is CN[C@H](C)C/C=C/c1c[nH]ccc1=O. The fourth-order valence-electron chi connectivity index (χ4n) is 1.08. The summed E-state index contributed by atoms with van der Waals surface area (Å²) in [5.41, 5.74) is 0.757. The van der Waals surface area contributed by atoms with Crippen LogP contribution in [0.25, 0.3) is 6.08 Å². The first kappa shape index (κ1) is 10.7. The molecule has 3 heteroatoms. The maximum atomic E-state index is 11.3. The van der Waals surface area contributed by atoms with Crippen LogP contribution in [0.3, 0.4) is 0 Å². The maximum Gasteiger partial charge on any atom is 0.188 e. The Labute approximate surface area is 83.9 Å². The van der Waals surface area contributed by atoms with Crippen molar-refractivity contribution >= 4 is 6.08 Å². The summed E-state index contributed by atoms with van der Waals surface area (Å²) in [5.74, 6) is 0. The van der Waals surface area contributed by atoms with Crippen LogP contribution in [-0.2, 0) is 0 Å². The minimum absolute atomic E-state index is 0.0529. The highest BCUT2D eigenvalue weighted by molar-refractivity contribution is 5.47. The lowest BCUT2D eigenvalue weighted by molar-refractivity contribution is 0.621. The van der Waals surface area contributed by atoms with Crippen molar-refractivity contribution in [3.63, 3.8) is 0 Å². The highest BCUT2D eigenvalue weighted by atomic mass is 16.1. The van der Waals surface area contributed by atoms with Crippen molar-refractivity contribution in [3.05, 3.63) is 40.3 Å². The maximum absolute atomic E-state index is 11.3. The Bertz CT molecular complexity index is 354. The van der Waals surface area contributed by atoms with Gasteiger partial charge in [-0.1, -0.05) is 12.2 Å². The highest BCUT2D eigenvalue weighted by Gasteiger charge is 1.94. The molecular weight excluding hydrogens is 176 g/mol. The molecule has 0 aliphatic rings. The molecule has 0 fully saturated rings. The van der Waals surface area contributed by atoms with Crippen molar-refractivity contribution < 1.29 is 0 Å². The van der Waals surface area contributed by atoms with Crippen LogP contribution < -0.4 is 10.7 Å². The van der Waals surface area contributed by atoms with E-state index in [4.69, 9.17) is 0 Å². The van der Waals surface area contributed by atoms with Crippen LogP contribution in [0, 0.1) is 0 Å². The summed E-state index contributed by atoms with van der Waals surface area (Å²) in [6.07, 6.45) is 8.13. The van der Waals surface area contributed by atoms with E-state index >= 15 is 0 Å². The van der Waals surface area contributed by atoms with E-state index in [9.17, 15) is 4.79 Å². The normalized spacial score (nSPS) is 13.3. The summed E-state index contributed by atoms with van der Waals surface area (Å²) in [6.45, 7) is 2.10. The topological polar surface area (TPSA) is 44.9 Å². The predicted octanol–water partition coefficient (Wildman–Crippen LogP) is 1.39. The van der Waals surface area contributed by atoms with Crippen molar-refractivity contribution in [2.24, 2.45) is 0 Å². The Morgan fingerprint density at radius 3 is 3.07 bits per heavy atom. The van der Waals surface area contributed by atoms with Gasteiger partial charge >= 0.3 is 0 Å². The van der Waals surface area contributed by atoms with Gasteiger partial charge in [-0.3, -0.25) is 4.79 Å². The molecule has 0 aliphatic heterocycles. The Balaban J connectivity index is 2.61. The van der Waals surface area contributed by atoms with Crippen molar-refractivity contribution in [2.75, 3.05) is 7.05 Å². The Morgan fingerprint density at radius 1 is 1.64 bits per heavy atom. The molecule has 14 heavy (non-hydrogen) atoms. The quantitative estimate of drug-likeness (QED) is 0.757. The number of pyridine rings is 1. The molecule has 0 radical (unpaired) electrons. The molecule has 1 atom stereocenters. The molecule has 0 saturated carbocycles. The lowest BCUT2D eigenvalue weighted by atomic mass is 10.2. The summed E-state index contributed by atoms with van der Waals surface area (Å²) in [5, 5.41) is 3.13. The summed E-state index contributed by atoms with van der Waals surface area (Å²) < 4.78 is 0. The van der Waals surface area contributed by atoms with Crippen LogP contribution in [-0.4, -0.2) is 18.1 Å². The average Bonchev–Trinajstić information content (AvgIpc) is 2.20. The molecule has 1 aromatic heterocycles. The zero-order valence-corrected chi connectivity index (χ0v) is 8.58. The van der Waals surface area contributed by atoms with Crippen LogP contribution >= 0.6 is 0 Å². The standard InChI is InChI=1S/C11H16N2O/c1-9(12-2)4-3-5-10-8-13-7-6-11(10)14/h3,5-9,12H,4H2,1-2H3,(H,13,14)/b5-3+/t9-/m1/s1. The van der Waals surface area contributed by atoms with E-state index < -0.39 is 0 Å². The first-order valence-electron chi connectivity index (χ1n) is 4.75. The first-order chi connectivity index (χ1) is 6.74. The van der Waals surface area contributed by atoms with Gasteiger partial charge in [-0.2, -0.15) is 0 Å². The van der Waals surface area contributed by atoms with E-state index in [-0.39, 0.29) is 5.43 Å². The van der Waals surface area contributed by atoms with Crippen LogP contribution in [0.5, 0.6) is 0 Å². The van der Waals surface area contributed by atoms with Gasteiger partial charge in [0.2, 0.25) is 0 Å². The lowest BCUT2D eigenvalue weighted by Gasteiger charge is -2.04. The van der Waals surface area contributed by atoms with E-state index in [1.165, 1.54) is 6.07 Å². The number of aromatic nitrogens is 1. The van der Waals surface area contributed by atoms with E-state index in [1.54, 1.807) is 12.4 Å². The molecule has 0 aliphatic carbocycles. The van der Waals surface area contributed by atoms with Crippen molar-refractivity contribution in [3.8, 4) is 0 Å². The molecule has 0 unspecified atom stereocenters. The third kappa shape index (κ3) is 3.18. The van der Waals surface area contributed by atoms with E-state index in [0.29, 0.717) is 11.6 Å². The van der Waals surface area contributed by atoms with Crippen molar-refractivity contribution in [1.82, 2.24) is 10.3 Å². The Morgan fingerprint density at radius 2 is 2.43 bits per heavy atom. The lowest BCUT2D eigenvalue weighted by Crippen LogP contribution is -2.19. The second-order valence-electron chi connectivity index (χ2n) is 3.29. The second-order valence-corrected chi connectivity index (χ2v) is 3.29. The molecule has 3 nitrogen and oxygen atoms in total. The van der Waals surface area contributed by atoms with Gasteiger partial charge in [0.25, 0.3) is 0 Å². The summed E-state index contributed by atoms with van der Waals surface area (Å²) in [4.78, 5) is 14.2. The molecule has 1 aromatic rings. The monoisotopic (exact) mass is 192 g/mol. The van der Waals surface area contributed by atoms with Gasteiger partial charge in [0, 0.05) is 30.1 Å². The molecule has 0 aromatic carbocycles. The van der Waals surface area contributed by atoms with Crippen LogP contribution in [0.2, 0.25) is 0 Å². The largest absolute Gasteiger partial charge is 0.367 e. The number of H-pyrrole nitrogens is 1. The van der Waals surface area contributed by atoms with Gasteiger partial charge < -0.3 is 10.3 Å². The Kier molecular flexibility index (Phi) is 4.13. The minimum Gasteiger partial charge on any atom is -0.367 e. The third-order valence-corrected chi connectivity index (χ3v) is 2.13. The second kappa shape index (κ2) is 5.40.